The summed E-state index contributed by atoms with van der Waals surface area (Å²) < 4.78 is 0. The van der Waals surface area contributed by atoms with Crippen molar-refractivity contribution >= 4 is 0 Å². The van der Waals surface area contributed by atoms with E-state index in [0.29, 0.717) is 6.10 Å². The Morgan fingerprint density at radius 2 is 1.62 bits per heavy atom. The van der Waals surface area contributed by atoms with Crippen LogP contribution in [0.25, 0.3) is 0 Å². The van der Waals surface area contributed by atoms with E-state index in [1.165, 1.54) is 0 Å². The van der Waals surface area contributed by atoms with Crippen LogP contribution in [0.4, 0.5) is 0 Å². The van der Waals surface area contributed by atoms with Crippen LogP contribution in [0, 0.1) is 30.3 Å². The van der Waals surface area contributed by atoms with Gasteiger partial charge in [0.15, 0.2) is 0 Å². The summed E-state index contributed by atoms with van der Waals surface area (Å²) in [6.07, 6.45) is 10.2. The molecule has 0 aliphatic heterocycles. The Kier molecular flexibility index (Phi) is 2.41. The van der Waals surface area contributed by atoms with Gasteiger partial charge in [-0.3, -0.25) is 0 Å². The summed E-state index contributed by atoms with van der Waals surface area (Å²) in [6.45, 7) is 0. The Morgan fingerprint density at radius 1 is 0.875 bits per heavy atom. The topological polar surface area (TPSA) is 20.2 Å². The largest absolute Gasteiger partial charge is 0.385 e. The number of hydrogen-bond acceptors (Lipinski definition) is 1. The van der Waals surface area contributed by atoms with Crippen LogP contribution in [0.3, 0.4) is 0 Å². The van der Waals surface area contributed by atoms with Crippen LogP contribution >= 0.6 is 0 Å². The quantitative estimate of drug-likeness (QED) is 0.750. The van der Waals surface area contributed by atoms with E-state index in [1.54, 1.807) is 0 Å². The first kappa shape index (κ1) is 9.86. The molecule has 3 rings (SSSR count). The van der Waals surface area contributed by atoms with Crippen molar-refractivity contribution < 1.29 is 5.11 Å². The Balaban J connectivity index is 1.95. The van der Waals surface area contributed by atoms with Crippen LogP contribution in [0.5, 0.6) is 0 Å². The molecule has 1 saturated carbocycles. The fourth-order valence-electron chi connectivity index (χ4n) is 2.12. The van der Waals surface area contributed by atoms with Crippen LogP contribution in [-0.2, 0) is 0 Å². The van der Waals surface area contributed by atoms with Gasteiger partial charge in [0.05, 0.1) is 5.92 Å². The van der Waals surface area contributed by atoms with Crippen LogP contribution in [0.2, 0.25) is 0 Å². The van der Waals surface area contributed by atoms with Crippen molar-refractivity contribution in [2.45, 2.75) is 0 Å². The van der Waals surface area contributed by atoms with Crippen molar-refractivity contribution in [3.05, 3.63) is 90.5 Å². The first-order valence-corrected chi connectivity index (χ1v) is 5.29. The maximum atomic E-state index is 9.99. The van der Waals surface area contributed by atoms with Gasteiger partial charge in [0, 0.05) is 18.3 Å². The van der Waals surface area contributed by atoms with E-state index in [-0.39, 0.29) is 0 Å². The molecule has 0 bridgehead atoms. The third-order valence-corrected chi connectivity index (χ3v) is 2.84. The standard InChI is InChI=1S/C15H11O/c16-14-10-12-8-4-5-9-13(12)15(14)11-6-2-1-3-7-11/h1-10,16H. The zero-order valence-electron chi connectivity index (χ0n) is 8.72. The van der Waals surface area contributed by atoms with Gasteiger partial charge in [0.25, 0.3) is 0 Å². The summed E-state index contributed by atoms with van der Waals surface area (Å²) in [6, 6.07) is 9.97. The van der Waals surface area contributed by atoms with E-state index >= 15 is 0 Å². The SMILES string of the molecule is O[C]1[CH][C]2C=CC=C[C]2[C]1c1ccccc1. The average molecular weight is 207 g/mol. The number of aliphatic hydroxyl groups is 1. The summed E-state index contributed by atoms with van der Waals surface area (Å²) in [4.78, 5) is 0. The normalized spacial score (nSPS) is 22.8. The summed E-state index contributed by atoms with van der Waals surface area (Å²) in [7, 11) is 0. The minimum Gasteiger partial charge on any atom is -0.385 e. The lowest BCUT2D eigenvalue weighted by Crippen LogP contribution is -2.11. The summed E-state index contributed by atoms with van der Waals surface area (Å²) >= 11 is 0. The maximum absolute atomic E-state index is 9.99. The molecule has 1 heteroatoms. The molecule has 77 valence electrons. The van der Waals surface area contributed by atoms with Gasteiger partial charge >= 0.3 is 0 Å². The molecular weight excluding hydrogens is 196 g/mol. The molecule has 2 aliphatic rings. The van der Waals surface area contributed by atoms with Gasteiger partial charge in [0.2, 0.25) is 0 Å². The highest BCUT2D eigenvalue weighted by molar-refractivity contribution is 5.69. The fraction of sp³-hybridized carbons (Fsp3) is 0. The van der Waals surface area contributed by atoms with Gasteiger partial charge in [-0.05, 0) is 5.56 Å². The number of benzene rings is 1. The van der Waals surface area contributed by atoms with E-state index in [4.69, 9.17) is 0 Å². The molecular formula is C15H11O. The number of rotatable bonds is 1. The lowest BCUT2D eigenvalue weighted by atomic mass is 9.82. The zero-order valence-corrected chi connectivity index (χ0v) is 8.72. The van der Waals surface area contributed by atoms with E-state index in [1.807, 2.05) is 61.1 Å². The van der Waals surface area contributed by atoms with Gasteiger partial charge in [-0.25, -0.2) is 0 Å². The number of allylic oxidation sites excluding steroid dienone is 4. The van der Waals surface area contributed by atoms with Crippen molar-refractivity contribution in [3.8, 4) is 0 Å². The highest BCUT2D eigenvalue weighted by Gasteiger charge is 2.43. The number of fused-ring (bicyclic) bond motifs is 1. The van der Waals surface area contributed by atoms with E-state index in [9.17, 15) is 5.11 Å². The molecule has 0 atom stereocenters. The predicted octanol–water partition coefficient (Wildman–Crippen LogP) is 3.01. The van der Waals surface area contributed by atoms with Crippen molar-refractivity contribution in [2.75, 3.05) is 0 Å². The molecule has 0 heterocycles. The lowest BCUT2D eigenvalue weighted by molar-refractivity contribution is 0.342. The second-order valence-corrected chi connectivity index (χ2v) is 3.86. The maximum Gasteiger partial charge on any atom is 0.110 e. The Bertz CT molecular complexity index is 418. The van der Waals surface area contributed by atoms with E-state index in [2.05, 4.69) is 0 Å². The van der Waals surface area contributed by atoms with Gasteiger partial charge in [-0.15, -0.1) is 0 Å². The minimum absolute atomic E-state index is 0.354. The van der Waals surface area contributed by atoms with Crippen molar-refractivity contribution in [3.63, 3.8) is 0 Å². The molecule has 1 aromatic carbocycles. The van der Waals surface area contributed by atoms with Crippen LogP contribution < -0.4 is 0 Å². The smallest absolute Gasteiger partial charge is 0.110 e. The molecule has 5 radical (unpaired) electrons. The third kappa shape index (κ3) is 1.52. The first-order valence-electron chi connectivity index (χ1n) is 5.29. The molecule has 0 amide bonds. The molecule has 2 aliphatic carbocycles. The van der Waals surface area contributed by atoms with Crippen LogP contribution in [0.15, 0.2) is 54.6 Å². The molecule has 16 heavy (non-hydrogen) atoms. The number of aliphatic hydroxyl groups excluding tert-OH is 1. The minimum atomic E-state index is 0.354. The Hall–Kier alpha value is -1.34. The summed E-state index contributed by atoms with van der Waals surface area (Å²) in [5, 5.41) is 9.99. The number of hydrogen-bond donors (Lipinski definition) is 1. The molecule has 0 spiro atoms. The highest BCUT2D eigenvalue weighted by atomic mass is 16.3. The van der Waals surface area contributed by atoms with Crippen molar-refractivity contribution in [1.29, 1.82) is 0 Å². The zero-order chi connectivity index (χ0) is 11.0. The molecule has 1 aromatic rings. The third-order valence-electron chi connectivity index (χ3n) is 2.84. The van der Waals surface area contributed by atoms with Crippen LogP contribution in [-0.4, -0.2) is 5.11 Å². The lowest BCUT2D eigenvalue weighted by Gasteiger charge is -2.20. The van der Waals surface area contributed by atoms with Gasteiger partial charge in [-0.1, -0.05) is 54.6 Å². The second kappa shape index (κ2) is 3.91. The van der Waals surface area contributed by atoms with Gasteiger partial charge in [0.1, 0.15) is 6.10 Å². The van der Waals surface area contributed by atoms with Crippen LogP contribution in [0.1, 0.15) is 5.56 Å². The van der Waals surface area contributed by atoms with Gasteiger partial charge in [-0.2, -0.15) is 0 Å². The van der Waals surface area contributed by atoms with Crippen molar-refractivity contribution in [1.82, 2.24) is 0 Å². The van der Waals surface area contributed by atoms with Gasteiger partial charge < -0.3 is 5.11 Å². The molecule has 1 fully saturated rings. The summed E-state index contributed by atoms with van der Waals surface area (Å²) in [5.74, 6) is 3.11. The van der Waals surface area contributed by atoms with E-state index in [0.717, 1.165) is 23.3 Å². The average Bonchev–Trinajstić information content (AvgIpc) is 2.66. The Labute approximate surface area is 96.1 Å². The second-order valence-electron chi connectivity index (χ2n) is 3.86. The highest BCUT2D eigenvalue weighted by Crippen LogP contribution is 2.51. The molecule has 0 unspecified atom stereocenters. The molecule has 1 N–H and O–H groups in total. The van der Waals surface area contributed by atoms with E-state index < -0.39 is 0 Å². The molecule has 0 saturated heterocycles. The predicted molar refractivity (Wildman–Crippen MR) is 63.0 cm³/mol. The first-order chi connectivity index (χ1) is 7.86. The summed E-state index contributed by atoms with van der Waals surface area (Å²) in [5.41, 5.74) is 1.06. The molecule has 0 aromatic heterocycles. The molecule has 1 nitrogen and oxygen atoms in total. The monoisotopic (exact) mass is 207 g/mol. The van der Waals surface area contributed by atoms with Crippen molar-refractivity contribution in [2.24, 2.45) is 0 Å². The Morgan fingerprint density at radius 3 is 2.44 bits per heavy atom. The fourth-order valence-corrected chi connectivity index (χ4v) is 2.12.